The fraction of sp³-hybridized carbons (Fsp3) is 0.619. The number of hydrogen-bond acceptors (Lipinski definition) is 4. The maximum atomic E-state index is 13.3. The van der Waals surface area contributed by atoms with Crippen molar-refractivity contribution in [1.29, 1.82) is 0 Å². The van der Waals surface area contributed by atoms with Gasteiger partial charge in [-0.3, -0.25) is 0 Å². The van der Waals surface area contributed by atoms with Crippen molar-refractivity contribution in [2.45, 2.75) is 32.0 Å². The number of likely N-dealkylation sites (tertiary alicyclic amines) is 1. The lowest BCUT2D eigenvalue weighted by atomic mass is 10.1. The lowest BCUT2D eigenvalue weighted by Crippen LogP contribution is -2.52. The fourth-order valence-electron chi connectivity index (χ4n) is 4.91. The van der Waals surface area contributed by atoms with E-state index in [1.165, 1.54) is 12.1 Å². The Bertz CT molecular complexity index is 831. The standard InChI is InChI=1S/C21H26FN3O4/c1-21(11-28-12-21)29-20(27)25-9-17-16(18(17)10-25)4-5-23-19(26)24-7-13-2-3-15(22)6-14(13)8-24/h2-3,6,16-18H,4-5,7-12H2,1H3,(H,23,26). The predicted octanol–water partition coefficient (Wildman–Crippen LogP) is 2.34. The second-order valence-electron chi connectivity index (χ2n) is 9.00. The molecule has 5 rings (SSSR count). The number of halogens is 1. The molecule has 1 N–H and O–H groups in total. The Kier molecular flexibility index (Phi) is 4.42. The van der Waals surface area contributed by atoms with Gasteiger partial charge in [0.2, 0.25) is 0 Å². The molecule has 1 aromatic carbocycles. The number of nitrogens with zero attached hydrogens (tertiary/aromatic N) is 2. The number of ether oxygens (including phenoxy) is 2. The van der Waals surface area contributed by atoms with Gasteiger partial charge >= 0.3 is 12.1 Å². The van der Waals surface area contributed by atoms with Crippen molar-refractivity contribution in [3.63, 3.8) is 0 Å². The van der Waals surface area contributed by atoms with Gasteiger partial charge in [-0.05, 0) is 54.4 Å². The average molecular weight is 403 g/mol. The Morgan fingerprint density at radius 3 is 2.62 bits per heavy atom. The summed E-state index contributed by atoms with van der Waals surface area (Å²) in [4.78, 5) is 28.2. The lowest BCUT2D eigenvalue weighted by molar-refractivity contribution is -0.171. The average Bonchev–Trinajstić information content (AvgIpc) is 3.02. The van der Waals surface area contributed by atoms with Gasteiger partial charge in [0, 0.05) is 32.7 Å². The van der Waals surface area contributed by atoms with Crippen LogP contribution in [0.5, 0.6) is 0 Å². The summed E-state index contributed by atoms with van der Waals surface area (Å²) in [6.45, 7) is 5.92. The Hall–Kier alpha value is -2.35. The number of fused-ring (bicyclic) bond motifs is 2. The summed E-state index contributed by atoms with van der Waals surface area (Å²) < 4.78 is 24.0. The van der Waals surface area contributed by atoms with E-state index in [0.29, 0.717) is 50.6 Å². The van der Waals surface area contributed by atoms with Crippen LogP contribution >= 0.6 is 0 Å². The lowest BCUT2D eigenvalue weighted by Gasteiger charge is -2.38. The van der Waals surface area contributed by atoms with E-state index in [9.17, 15) is 14.0 Å². The summed E-state index contributed by atoms with van der Waals surface area (Å²) in [5.41, 5.74) is 1.42. The van der Waals surface area contributed by atoms with Crippen molar-refractivity contribution < 1.29 is 23.5 Å². The zero-order valence-corrected chi connectivity index (χ0v) is 16.5. The fourth-order valence-corrected chi connectivity index (χ4v) is 4.91. The summed E-state index contributed by atoms with van der Waals surface area (Å²) >= 11 is 0. The molecule has 2 saturated heterocycles. The second kappa shape index (κ2) is 6.86. The number of nitrogens with one attached hydrogen (secondary N) is 1. The Morgan fingerprint density at radius 2 is 1.93 bits per heavy atom. The van der Waals surface area contributed by atoms with Gasteiger partial charge in [0.15, 0.2) is 5.60 Å². The van der Waals surface area contributed by atoms with E-state index in [-0.39, 0.29) is 17.9 Å². The number of carbonyl (C=O) groups excluding carboxylic acids is 2. The first kappa shape index (κ1) is 18.7. The molecule has 3 aliphatic heterocycles. The number of amides is 3. The van der Waals surface area contributed by atoms with Crippen LogP contribution < -0.4 is 5.32 Å². The van der Waals surface area contributed by atoms with E-state index in [0.717, 1.165) is 30.6 Å². The van der Waals surface area contributed by atoms with Crippen molar-refractivity contribution in [3.05, 3.63) is 35.1 Å². The summed E-state index contributed by atoms with van der Waals surface area (Å²) in [6.07, 6.45) is 0.686. The van der Waals surface area contributed by atoms with Crippen LogP contribution in [0.3, 0.4) is 0 Å². The van der Waals surface area contributed by atoms with Gasteiger partial charge in [0.1, 0.15) is 5.82 Å². The van der Waals surface area contributed by atoms with Crippen LogP contribution in [0.15, 0.2) is 18.2 Å². The van der Waals surface area contributed by atoms with Gasteiger partial charge in [-0.25, -0.2) is 14.0 Å². The molecule has 2 atom stereocenters. The highest BCUT2D eigenvalue weighted by Gasteiger charge is 2.56. The molecule has 1 aromatic rings. The SMILES string of the molecule is CC1(OC(=O)N2CC3C(CCNC(=O)N4Cc5ccc(F)cc5C4)C3C2)COC1. The Morgan fingerprint density at radius 1 is 1.21 bits per heavy atom. The molecule has 7 nitrogen and oxygen atoms in total. The number of hydrogen-bond donors (Lipinski definition) is 1. The highest BCUT2D eigenvalue weighted by atomic mass is 19.1. The van der Waals surface area contributed by atoms with Gasteiger partial charge in [-0.1, -0.05) is 6.07 Å². The summed E-state index contributed by atoms with van der Waals surface area (Å²) in [6, 6.07) is 4.58. The van der Waals surface area contributed by atoms with Crippen molar-refractivity contribution in [2.75, 3.05) is 32.8 Å². The summed E-state index contributed by atoms with van der Waals surface area (Å²) in [5.74, 6) is 1.33. The summed E-state index contributed by atoms with van der Waals surface area (Å²) in [5, 5.41) is 2.99. The zero-order chi connectivity index (χ0) is 20.2. The maximum Gasteiger partial charge on any atom is 0.410 e. The van der Waals surface area contributed by atoms with E-state index in [1.807, 2.05) is 6.92 Å². The molecule has 1 saturated carbocycles. The van der Waals surface area contributed by atoms with Crippen LogP contribution in [0.25, 0.3) is 0 Å². The molecule has 3 fully saturated rings. The van der Waals surface area contributed by atoms with Crippen molar-refractivity contribution in [3.8, 4) is 0 Å². The monoisotopic (exact) mass is 403 g/mol. The molecular formula is C21H26FN3O4. The van der Waals surface area contributed by atoms with Crippen LogP contribution in [0.1, 0.15) is 24.5 Å². The number of carbonyl (C=O) groups is 2. The van der Waals surface area contributed by atoms with Crippen LogP contribution in [-0.4, -0.2) is 60.4 Å². The third-order valence-corrected chi connectivity index (χ3v) is 6.71. The molecule has 0 aromatic heterocycles. The summed E-state index contributed by atoms with van der Waals surface area (Å²) in [7, 11) is 0. The molecule has 3 amide bonds. The smallest absolute Gasteiger partial charge is 0.410 e. The van der Waals surface area contributed by atoms with Gasteiger partial charge in [-0.15, -0.1) is 0 Å². The Balaban J connectivity index is 1.02. The number of urea groups is 1. The molecule has 29 heavy (non-hydrogen) atoms. The molecule has 1 aliphatic carbocycles. The van der Waals surface area contributed by atoms with E-state index >= 15 is 0 Å². The normalized spacial score (nSPS) is 28.4. The van der Waals surface area contributed by atoms with Crippen molar-refractivity contribution in [1.82, 2.24) is 15.1 Å². The van der Waals surface area contributed by atoms with E-state index < -0.39 is 5.60 Å². The highest BCUT2D eigenvalue weighted by Crippen LogP contribution is 2.53. The molecule has 0 bridgehead atoms. The van der Waals surface area contributed by atoms with E-state index in [4.69, 9.17) is 9.47 Å². The first-order valence-electron chi connectivity index (χ1n) is 10.3. The second-order valence-corrected chi connectivity index (χ2v) is 9.00. The highest BCUT2D eigenvalue weighted by molar-refractivity contribution is 5.75. The van der Waals surface area contributed by atoms with Crippen LogP contribution in [-0.2, 0) is 22.6 Å². The largest absolute Gasteiger partial charge is 0.438 e. The molecule has 2 unspecified atom stereocenters. The molecular weight excluding hydrogens is 377 g/mol. The van der Waals surface area contributed by atoms with Crippen molar-refractivity contribution in [2.24, 2.45) is 17.8 Å². The quantitative estimate of drug-likeness (QED) is 0.838. The predicted molar refractivity (Wildman–Crippen MR) is 101 cm³/mol. The zero-order valence-electron chi connectivity index (χ0n) is 16.5. The first-order chi connectivity index (χ1) is 13.9. The minimum Gasteiger partial charge on any atom is -0.438 e. The molecule has 0 spiro atoms. The molecule has 8 heteroatoms. The third-order valence-electron chi connectivity index (χ3n) is 6.71. The van der Waals surface area contributed by atoms with Gasteiger partial charge < -0.3 is 24.6 Å². The number of rotatable bonds is 4. The molecule has 0 radical (unpaired) electrons. The minimum absolute atomic E-state index is 0.103. The molecule has 4 aliphatic rings. The van der Waals surface area contributed by atoms with Crippen LogP contribution in [0, 0.1) is 23.6 Å². The van der Waals surface area contributed by atoms with Crippen molar-refractivity contribution >= 4 is 12.1 Å². The molecule has 156 valence electrons. The number of piperidine rings is 1. The minimum atomic E-state index is -0.464. The van der Waals surface area contributed by atoms with Crippen LogP contribution in [0.2, 0.25) is 0 Å². The third kappa shape index (κ3) is 3.54. The van der Waals surface area contributed by atoms with Crippen LogP contribution in [0.4, 0.5) is 14.0 Å². The first-order valence-corrected chi connectivity index (χ1v) is 10.3. The number of benzene rings is 1. The topological polar surface area (TPSA) is 71.1 Å². The molecule has 3 heterocycles. The van der Waals surface area contributed by atoms with E-state index in [1.54, 1.807) is 15.9 Å². The van der Waals surface area contributed by atoms with E-state index in [2.05, 4.69) is 5.32 Å². The van der Waals surface area contributed by atoms with Gasteiger partial charge in [0.05, 0.1) is 13.2 Å². The maximum absolute atomic E-state index is 13.3. The van der Waals surface area contributed by atoms with Gasteiger partial charge in [0.25, 0.3) is 0 Å². The van der Waals surface area contributed by atoms with Gasteiger partial charge in [-0.2, -0.15) is 0 Å². The Labute approximate surface area is 169 Å².